The fraction of sp³-hybridized carbons (Fsp3) is 0.333. The zero-order valence-corrected chi connectivity index (χ0v) is 12.1. The molecule has 7 heteroatoms. The number of thiophene rings is 2. The maximum absolute atomic E-state index is 12.3. The number of nitrogens with two attached hydrogens (primary N) is 1. The Kier molecular flexibility index (Phi) is 4.39. The molecule has 0 spiro atoms. The molecule has 0 atom stereocenters. The summed E-state index contributed by atoms with van der Waals surface area (Å²) in [6.45, 7) is 2.97. The lowest BCUT2D eigenvalue weighted by atomic mass is 10.3. The van der Waals surface area contributed by atoms with Crippen molar-refractivity contribution in [2.45, 2.75) is 13.3 Å². The van der Waals surface area contributed by atoms with Crippen LogP contribution in [0.3, 0.4) is 0 Å². The minimum atomic E-state index is 0.00152. The third kappa shape index (κ3) is 3.05. The Morgan fingerprint density at radius 3 is 2.95 bits per heavy atom. The molecule has 0 aliphatic rings. The van der Waals surface area contributed by atoms with Gasteiger partial charge in [0.1, 0.15) is 5.84 Å². The SMILES string of the molecule is CCN(CC/C(N)=N/O)C(=O)c1cc2sccc2s1. The van der Waals surface area contributed by atoms with Gasteiger partial charge in [-0.2, -0.15) is 0 Å². The van der Waals surface area contributed by atoms with Crippen LogP contribution >= 0.6 is 22.7 Å². The number of hydrogen-bond donors (Lipinski definition) is 2. The van der Waals surface area contributed by atoms with Crippen LogP contribution in [0.5, 0.6) is 0 Å². The Balaban J connectivity index is 2.09. The molecule has 5 nitrogen and oxygen atoms in total. The smallest absolute Gasteiger partial charge is 0.263 e. The van der Waals surface area contributed by atoms with E-state index in [1.807, 2.05) is 24.4 Å². The quantitative estimate of drug-likeness (QED) is 0.385. The van der Waals surface area contributed by atoms with Crippen molar-refractivity contribution in [2.75, 3.05) is 13.1 Å². The van der Waals surface area contributed by atoms with Crippen LogP contribution in [-0.2, 0) is 0 Å². The number of rotatable bonds is 5. The summed E-state index contributed by atoms with van der Waals surface area (Å²) >= 11 is 3.14. The topological polar surface area (TPSA) is 78.9 Å². The Bertz CT molecular complexity index is 574. The first-order chi connectivity index (χ1) is 9.15. The van der Waals surface area contributed by atoms with Crippen molar-refractivity contribution >= 4 is 43.8 Å². The van der Waals surface area contributed by atoms with Crippen LogP contribution < -0.4 is 5.73 Å². The van der Waals surface area contributed by atoms with E-state index in [4.69, 9.17) is 10.9 Å². The molecule has 1 amide bonds. The van der Waals surface area contributed by atoms with Crippen molar-refractivity contribution in [2.24, 2.45) is 10.9 Å². The molecule has 19 heavy (non-hydrogen) atoms. The first-order valence-corrected chi connectivity index (χ1v) is 7.58. The zero-order valence-electron chi connectivity index (χ0n) is 10.5. The minimum absolute atomic E-state index is 0.00152. The predicted octanol–water partition coefficient (Wildman–Crippen LogP) is 2.56. The number of hydrogen-bond acceptors (Lipinski definition) is 5. The second-order valence-corrected chi connectivity index (χ2v) is 6.02. The van der Waals surface area contributed by atoms with Crippen molar-refractivity contribution in [3.8, 4) is 0 Å². The average molecular weight is 297 g/mol. The summed E-state index contributed by atoms with van der Waals surface area (Å²) in [5.41, 5.74) is 5.43. The van der Waals surface area contributed by atoms with Gasteiger partial charge in [-0.25, -0.2) is 0 Å². The minimum Gasteiger partial charge on any atom is -0.409 e. The molecule has 102 valence electrons. The zero-order chi connectivity index (χ0) is 13.8. The highest BCUT2D eigenvalue weighted by atomic mass is 32.1. The monoisotopic (exact) mass is 297 g/mol. The number of carbonyl (C=O) groups is 1. The normalized spacial score (nSPS) is 11.9. The van der Waals surface area contributed by atoms with Gasteiger partial charge in [0.15, 0.2) is 0 Å². The van der Waals surface area contributed by atoms with Crippen LogP contribution in [0.15, 0.2) is 22.7 Å². The number of nitrogens with zero attached hydrogens (tertiary/aromatic N) is 2. The highest BCUT2D eigenvalue weighted by molar-refractivity contribution is 7.27. The van der Waals surface area contributed by atoms with Gasteiger partial charge in [-0.1, -0.05) is 5.16 Å². The lowest BCUT2D eigenvalue weighted by Gasteiger charge is -2.19. The van der Waals surface area contributed by atoms with E-state index < -0.39 is 0 Å². The maximum atomic E-state index is 12.3. The van der Waals surface area contributed by atoms with Gasteiger partial charge in [0.2, 0.25) is 0 Å². The van der Waals surface area contributed by atoms with Gasteiger partial charge in [-0.05, 0) is 24.4 Å². The van der Waals surface area contributed by atoms with Crippen molar-refractivity contribution in [1.82, 2.24) is 4.90 Å². The summed E-state index contributed by atoms with van der Waals surface area (Å²) in [6, 6.07) is 3.95. The average Bonchev–Trinajstić information content (AvgIpc) is 2.99. The highest BCUT2D eigenvalue weighted by Crippen LogP contribution is 2.30. The van der Waals surface area contributed by atoms with E-state index in [0.717, 1.165) is 14.3 Å². The summed E-state index contributed by atoms with van der Waals surface area (Å²) < 4.78 is 2.28. The van der Waals surface area contributed by atoms with Gasteiger partial charge in [-0.3, -0.25) is 4.79 Å². The third-order valence-electron chi connectivity index (χ3n) is 2.79. The molecule has 0 aliphatic heterocycles. The van der Waals surface area contributed by atoms with Gasteiger partial charge >= 0.3 is 0 Å². The predicted molar refractivity (Wildman–Crippen MR) is 79.3 cm³/mol. The molecule has 0 aliphatic carbocycles. The molecule has 0 fully saturated rings. The Morgan fingerprint density at radius 1 is 1.53 bits per heavy atom. The maximum Gasteiger partial charge on any atom is 0.263 e. The van der Waals surface area contributed by atoms with Gasteiger partial charge in [0.25, 0.3) is 5.91 Å². The highest BCUT2D eigenvalue weighted by Gasteiger charge is 2.17. The molecule has 0 unspecified atom stereocenters. The van der Waals surface area contributed by atoms with Gasteiger partial charge in [-0.15, -0.1) is 22.7 Å². The van der Waals surface area contributed by atoms with Crippen LogP contribution in [0.1, 0.15) is 23.0 Å². The second-order valence-electron chi connectivity index (χ2n) is 3.99. The molecule has 0 saturated carbocycles. The molecule has 0 aromatic carbocycles. The fourth-order valence-corrected chi connectivity index (χ4v) is 3.81. The van der Waals surface area contributed by atoms with Crippen molar-refractivity contribution in [3.05, 3.63) is 22.4 Å². The largest absolute Gasteiger partial charge is 0.409 e. The van der Waals surface area contributed by atoms with E-state index in [1.54, 1.807) is 16.2 Å². The summed E-state index contributed by atoms with van der Waals surface area (Å²) in [7, 11) is 0. The molecule has 0 bridgehead atoms. The van der Waals surface area contributed by atoms with E-state index in [2.05, 4.69) is 5.16 Å². The standard InChI is InChI=1S/C12H15N3O2S2/c1-2-15(5-3-11(13)14-17)12(16)10-7-9-8(19-10)4-6-18-9/h4,6-7,17H,2-3,5H2,1H3,(H2,13,14). The fourth-order valence-electron chi connectivity index (χ4n) is 1.73. The molecule has 2 aromatic heterocycles. The summed E-state index contributed by atoms with van der Waals surface area (Å²) in [6.07, 6.45) is 0.371. The summed E-state index contributed by atoms with van der Waals surface area (Å²) in [5.74, 6) is 0.139. The van der Waals surface area contributed by atoms with Crippen LogP contribution in [0.4, 0.5) is 0 Å². The Hall–Kier alpha value is -1.60. The molecular weight excluding hydrogens is 282 g/mol. The number of oxime groups is 1. The van der Waals surface area contributed by atoms with Crippen molar-refractivity contribution in [3.63, 3.8) is 0 Å². The third-order valence-corrected chi connectivity index (χ3v) is 4.87. The summed E-state index contributed by atoms with van der Waals surface area (Å²) in [4.78, 5) is 14.8. The first-order valence-electron chi connectivity index (χ1n) is 5.88. The number of amidine groups is 1. The molecule has 2 aromatic rings. The van der Waals surface area contributed by atoms with Crippen molar-refractivity contribution < 1.29 is 10.0 Å². The van der Waals surface area contributed by atoms with E-state index in [1.165, 1.54) is 11.3 Å². The lowest BCUT2D eigenvalue weighted by molar-refractivity contribution is 0.0773. The molecule has 2 heterocycles. The van der Waals surface area contributed by atoms with E-state index in [-0.39, 0.29) is 11.7 Å². The van der Waals surface area contributed by atoms with Crippen molar-refractivity contribution in [1.29, 1.82) is 0 Å². The molecular formula is C12H15N3O2S2. The Morgan fingerprint density at radius 2 is 2.32 bits per heavy atom. The van der Waals surface area contributed by atoms with Gasteiger partial charge in [0, 0.05) is 28.9 Å². The molecule has 3 N–H and O–H groups in total. The lowest BCUT2D eigenvalue weighted by Crippen LogP contribution is -2.33. The van der Waals surface area contributed by atoms with E-state index in [9.17, 15) is 4.79 Å². The van der Waals surface area contributed by atoms with E-state index >= 15 is 0 Å². The molecule has 2 rings (SSSR count). The molecule has 0 radical (unpaired) electrons. The second kappa shape index (κ2) is 6.03. The Labute approximate surface area is 118 Å². The van der Waals surface area contributed by atoms with Crippen LogP contribution in [-0.4, -0.2) is 34.9 Å². The summed E-state index contributed by atoms with van der Waals surface area (Å²) in [5, 5.41) is 13.4. The first kappa shape index (κ1) is 13.8. The van der Waals surface area contributed by atoms with Gasteiger partial charge in [0.05, 0.1) is 4.88 Å². The van der Waals surface area contributed by atoms with E-state index in [0.29, 0.717) is 19.5 Å². The van der Waals surface area contributed by atoms with Crippen LogP contribution in [0.25, 0.3) is 9.40 Å². The molecule has 0 saturated heterocycles. The van der Waals surface area contributed by atoms with Crippen LogP contribution in [0, 0.1) is 0 Å². The number of amides is 1. The van der Waals surface area contributed by atoms with Crippen LogP contribution in [0.2, 0.25) is 0 Å². The number of fused-ring (bicyclic) bond motifs is 1. The van der Waals surface area contributed by atoms with Gasteiger partial charge < -0.3 is 15.8 Å². The number of carbonyl (C=O) groups excluding carboxylic acids is 1.